The molecule has 2 rings (SSSR count). The molecule has 18 heavy (non-hydrogen) atoms. The lowest BCUT2D eigenvalue weighted by molar-refractivity contribution is 0.155. The molecule has 1 aromatic heterocycles. The maximum Gasteiger partial charge on any atom is 0.250 e. The van der Waals surface area contributed by atoms with Crippen molar-refractivity contribution in [1.82, 2.24) is 4.57 Å². The van der Waals surface area contributed by atoms with E-state index in [2.05, 4.69) is 0 Å². The van der Waals surface area contributed by atoms with Gasteiger partial charge in [-0.1, -0.05) is 18.2 Å². The number of aliphatic hydroxyl groups excluding tert-OH is 1. The van der Waals surface area contributed by atoms with Gasteiger partial charge in [0.2, 0.25) is 0 Å². The summed E-state index contributed by atoms with van der Waals surface area (Å²) < 4.78 is 6.53. The van der Waals surface area contributed by atoms with E-state index in [0.717, 1.165) is 11.3 Å². The number of nitrogens with zero attached hydrogens (tertiary/aromatic N) is 1. The largest absolute Gasteiger partial charge is 0.497 e. The summed E-state index contributed by atoms with van der Waals surface area (Å²) in [6.07, 6.45) is 0.950. The van der Waals surface area contributed by atoms with Crippen molar-refractivity contribution in [3.8, 4) is 5.75 Å². The highest BCUT2D eigenvalue weighted by atomic mass is 16.5. The van der Waals surface area contributed by atoms with Crippen molar-refractivity contribution in [2.45, 2.75) is 12.6 Å². The summed E-state index contributed by atoms with van der Waals surface area (Å²) in [6, 6.07) is 12.1. The van der Waals surface area contributed by atoms with Gasteiger partial charge in [0.05, 0.1) is 19.8 Å². The maximum absolute atomic E-state index is 11.5. The Balaban J connectivity index is 2.14. The predicted molar refractivity (Wildman–Crippen MR) is 68.7 cm³/mol. The maximum atomic E-state index is 11.5. The Bertz CT molecular complexity index is 560. The van der Waals surface area contributed by atoms with Crippen LogP contribution in [0.4, 0.5) is 0 Å². The van der Waals surface area contributed by atoms with Crippen molar-refractivity contribution in [2.24, 2.45) is 0 Å². The molecule has 0 saturated heterocycles. The van der Waals surface area contributed by atoms with E-state index in [1.54, 1.807) is 49.7 Å². The highest BCUT2D eigenvalue weighted by molar-refractivity contribution is 5.28. The van der Waals surface area contributed by atoms with Crippen molar-refractivity contribution in [3.63, 3.8) is 0 Å². The highest BCUT2D eigenvalue weighted by Crippen LogP contribution is 2.18. The molecule has 0 aliphatic carbocycles. The molecular weight excluding hydrogens is 230 g/mol. The van der Waals surface area contributed by atoms with E-state index in [0.29, 0.717) is 0 Å². The molecule has 0 aliphatic heterocycles. The summed E-state index contributed by atoms with van der Waals surface area (Å²) in [7, 11) is 1.59. The molecule has 0 spiro atoms. The fourth-order valence-electron chi connectivity index (χ4n) is 1.73. The molecule has 4 nitrogen and oxygen atoms in total. The first-order valence-corrected chi connectivity index (χ1v) is 5.68. The van der Waals surface area contributed by atoms with Crippen molar-refractivity contribution < 1.29 is 9.84 Å². The zero-order valence-corrected chi connectivity index (χ0v) is 10.1. The van der Waals surface area contributed by atoms with Crippen LogP contribution in [0.15, 0.2) is 53.5 Å². The van der Waals surface area contributed by atoms with E-state index in [9.17, 15) is 9.90 Å². The zero-order chi connectivity index (χ0) is 13.0. The number of aromatic nitrogens is 1. The minimum Gasteiger partial charge on any atom is -0.497 e. The minimum atomic E-state index is -0.712. The molecule has 2 aromatic rings. The van der Waals surface area contributed by atoms with Gasteiger partial charge in [-0.2, -0.15) is 0 Å². The Morgan fingerprint density at radius 3 is 2.56 bits per heavy atom. The van der Waals surface area contributed by atoms with E-state index < -0.39 is 6.10 Å². The summed E-state index contributed by atoms with van der Waals surface area (Å²) >= 11 is 0. The molecular formula is C14H15NO3. The molecule has 0 bridgehead atoms. The zero-order valence-electron chi connectivity index (χ0n) is 10.1. The van der Waals surface area contributed by atoms with Gasteiger partial charge >= 0.3 is 0 Å². The van der Waals surface area contributed by atoms with Gasteiger partial charge in [-0.3, -0.25) is 4.79 Å². The second-order valence-corrected chi connectivity index (χ2v) is 3.98. The molecule has 0 saturated carbocycles. The van der Waals surface area contributed by atoms with Gasteiger partial charge in [0, 0.05) is 12.3 Å². The highest BCUT2D eigenvalue weighted by Gasteiger charge is 2.08. The van der Waals surface area contributed by atoms with E-state index in [1.165, 1.54) is 10.6 Å². The number of ether oxygens (including phenoxy) is 1. The van der Waals surface area contributed by atoms with Gasteiger partial charge in [0.15, 0.2) is 0 Å². The van der Waals surface area contributed by atoms with Crippen LogP contribution in [0.25, 0.3) is 0 Å². The van der Waals surface area contributed by atoms with Crippen LogP contribution in [0.1, 0.15) is 11.7 Å². The molecule has 1 aromatic carbocycles. The third-order valence-electron chi connectivity index (χ3n) is 2.77. The third-order valence-corrected chi connectivity index (χ3v) is 2.77. The molecule has 0 aliphatic rings. The second kappa shape index (κ2) is 5.51. The minimum absolute atomic E-state index is 0.120. The first-order chi connectivity index (χ1) is 8.70. The lowest BCUT2D eigenvalue weighted by atomic mass is 10.1. The Morgan fingerprint density at radius 2 is 1.94 bits per heavy atom. The molecule has 1 N–H and O–H groups in total. The third kappa shape index (κ3) is 2.78. The summed E-state index contributed by atoms with van der Waals surface area (Å²) in [6.45, 7) is 0.242. The van der Waals surface area contributed by atoms with Crippen molar-refractivity contribution in [3.05, 3.63) is 64.6 Å². The van der Waals surface area contributed by atoms with Gasteiger partial charge < -0.3 is 14.4 Å². The van der Waals surface area contributed by atoms with Crippen molar-refractivity contribution >= 4 is 0 Å². The van der Waals surface area contributed by atoms with Gasteiger partial charge in [-0.15, -0.1) is 0 Å². The van der Waals surface area contributed by atoms with Gasteiger partial charge in [0.25, 0.3) is 5.56 Å². The lowest BCUT2D eigenvalue weighted by Gasteiger charge is -2.13. The Labute approximate surface area is 105 Å². The smallest absolute Gasteiger partial charge is 0.250 e. The van der Waals surface area contributed by atoms with Crippen LogP contribution in [-0.4, -0.2) is 16.8 Å². The van der Waals surface area contributed by atoms with Crippen LogP contribution in [-0.2, 0) is 6.54 Å². The summed E-state index contributed by atoms with van der Waals surface area (Å²) in [5, 5.41) is 10.1. The van der Waals surface area contributed by atoms with Crippen LogP contribution in [0.2, 0.25) is 0 Å². The lowest BCUT2D eigenvalue weighted by Crippen LogP contribution is -2.21. The summed E-state index contributed by atoms with van der Waals surface area (Å²) in [5.74, 6) is 0.739. The van der Waals surface area contributed by atoms with Crippen molar-refractivity contribution in [2.75, 3.05) is 7.11 Å². The normalized spacial score (nSPS) is 12.1. The molecule has 94 valence electrons. The van der Waals surface area contributed by atoms with Crippen molar-refractivity contribution in [1.29, 1.82) is 0 Å². The average molecular weight is 245 g/mol. The molecule has 1 unspecified atom stereocenters. The summed E-state index contributed by atoms with van der Waals surface area (Å²) in [4.78, 5) is 11.5. The van der Waals surface area contributed by atoms with E-state index in [-0.39, 0.29) is 12.1 Å². The number of benzene rings is 1. The standard InChI is InChI=1S/C14H15NO3/c1-18-12-7-5-11(6-8-12)13(16)10-15-9-3-2-4-14(15)17/h2-9,13,16H,10H2,1H3. The molecule has 4 heteroatoms. The second-order valence-electron chi connectivity index (χ2n) is 3.98. The van der Waals surface area contributed by atoms with Gasteiger partial charge in [-0.05, 0) is 23.8 Å². The molecule has 1 atom stereocenters. The Kier molecular flexibility index (Phi) is 3.79. The SMILES string of the molecule is COc1ccc(C(O)Cn2ccccc2=O)cc1. The Morgan fingerprint density at radius 1 is 1.22 bits per heavy atom. The predicted octanol–water partition coefficient (Wildman–Crippen LogP) is 1.59. The molecule has 0 fully saturated rings. The van der Waals surface area contributed by atoms with E-state index in [1.807, 2.05) is 0 Å². The van der Waals surface area contributed by atoms with E-state index in [4.69, 9.17) is 4.74 Å². The number of methoxy groups -OCH3 is 1. The van der Waals surface area contributed by atoms with Crippen LogP contribution in [0, 0.1) is 0 Å². The number of hydrogen-bond donors (Lipinski definition) is 1. The number of hydrogen-bond acceptors (Lipinski definition) is 3. The number of aliphatic hydroxyl groups is 1. The van der Waals surface area contributed by atoms with Gasteiger partial charge in [-0.25, -0.2) is 0 Å². The first-order valence-electron chi connectivity index (χ1n) is 5.68. The van der Waals surface area contributed by atoms with E-state index >= 15 is 0 Å². The van der Waals surface area contributed by atoms with Crippen LogP contribution < -0.4 is 10.3 Å². The number of rotatable bonds is 4. The van der Waals surface area contributed by atoms with Crippen LogP contribution in [0.3, 0.4) is 0 Å². The quantitative estimate of drug-likeness (QED) is 0.890. The fourth-order valence-corrected chi connectivity index (χ4v) is 1.73. The monoisotopic (exact) mass is 245 g/mol. The molecule has 0 amide bonds. The number of pyridine rings is 1. The average Bonchev–Trinajstić information content (AvgIpc) is 2.41. The van der Waals surface area contributed by atoms with Gasteiger partial charge in [0.1, 0.15) is 5.75 Å². The fraction of sp³-hybridized carbons (Fsp3) is 0.214. The van der Waals surface area contributed by atoms with Crippen LogP contribution in [0.5, 0.6) is 5.75 Å². The first kappa shape index (κ1) is 12.4. The van der Waals surface area contributed by atoms with Crippen LogP contribution >= 0.6 is 0 Å². The molecule has 0 radical (unpaired) electrons. The topological polar surface area (TPSA) is 51.5 Å². The Hall–Kier alpha value is -2.07. The molecule has 1 heterocycles. The summed E-state index contributed by atoms with van der Waals surface area (Å²) in [5.41, 5.74) is 0.636.